The predicted molar refractivity (Wildman–Crippen MR) is 103 cm³/mol. The van der Waals surface area contributed by atoms with Crippen molar-refractivity contribution in [3.05, 3.63) is 60.2 Å². The van der Waals surface area contributed by atoms with Crippen LogP contribution in [0.4, 0.5) is 24.5 Å². The van der Waals surface area contributed by atoms with E-state index in [1.165, 1.54) is 19.2 Å². The van der Waals surface area contributed by atoms with Gasteiger partial charge in [-0.15, -0.1) is 0 Å². The second-order valence-electron chi connectivity index (χ2n) is 5.82. The number of esters is 1. The maximum Gasteiger partial charge on any atom is 0.471 e. The number of carbonyl (C=O) groups is 2. The maximum absolute atomic E-state index is 12.6. The van der Waals surface area contributed by atoms with Crippen molar-refractivity contribution in [1.29, 1.82) is 0 Å². The van der Waals surface area contributed by atoms with Gasteiger partial charge >= 0.3 is 18.1 Å². The SMILES string of the molecule is COC(=O)C(Br)CN(Cc1ccccc1NC(=O)C(F)(F)F)c1ccccc1. The van der Waals surface area contributed by atoms with Crippen LogP contribution in [-0.2, 0) is 20.9 Å². The third kappa shape index (κ3) is 5.98. The molecule has 0 spiro atoms. The normalized spacial score (nSPS) is 12.2. The lowest BCUT2D eigenvalue weighted by Gasteiger charge is -2.27. The smallest absolute Gasteiger partial charge is 0.468 e. The second-order valence-corrected chi connectivity index (χ2v) is 6.92. The Morgan fingerprint density at radius 1 is 1.11 bits per heavy atom. The summed E-state index contributed by atoms with van der Waals surface area (Å²) in [5.74, 6) is -2.52. The van der Waals surface area contributed by atoms with E-state index in [4.69, 9.17) is 4.74 Å². The molecule has 28 heavy (non-hydrogen) atoms. The van der Waals surface area contributed by atoms with Gasteiger partial charge in [0.25, 0.3) is 0 Å². The van der Waals surface area contributed by atoms with Crippen molar-refractivity contribution in [3.63, 3.8) is 0 Å². The molecule has 0 aliphatic carbocycles. The van der Waals surface area contributed by atoms with Crippen LogP contribution in [-0.4, -0.2) is 36.5 Å². The number of para-hydroxylation sites is 2. The summed E-state index contributed by atoms with van der Waals surface area (Å²) >= 11 is 3.26. The van der Waals surface area contributed by atoms with E-state index in [1.807, 2.05) is 23.5 Å². The minimum Gasteiger partial charge on any atom is -0.468 e. The van der Waals surface area contributed by atoms with Crippen LogP contribution in [0, 0.1) is 0 Å². The van der Waals surface area contributed by atoms with E-state index < -0.39 is 22.9 Å². The number of methoxy groups -OCH3 is 1. The monoisotopic (exact) mass is 458 g/mol. The van der Waals surface area contributed by atoms with Crippen LogP contribution in [0.25, 0.3) is 0 Å². The van der Waals surface area contributed by atoms with Gasteiger partial charge < -0.3 is 15.0 Å². The lowest BCUT2D eigenvalue weighted by atomic mass is 10.1. The number of amides is 1. The number of rotatable bonds is 7. The van der Waals surface area contributed by atoms with Gasteiger partial charge in [0, 0.05) is 24.5 Å². The molecule has 2 aromatic rings. The first kappa shape index (κ1) is 21.7. The summed E-state index contributed by atoms with van der Waals surface area (Å²) in [6.45, 7) is 0.371. The highest BCUT2D eigenvalue weighted by Gasteiger charge is 2.39. The van der Waals surface area contributed by atoms with E-state index in [-0.39, 0.29) is 18.8 Å². The molecule has 0 saturated heterocycles. The Bertz CT molecular complexity index is 816. The van der Waals surface area contributed by atoms with Crippen molar-refractivity contribution in [2.75, 3.05) is 23.9 Å². The summed E-state index contributed by atoms with van der Waals surface area (Å²) in [5.41, 5.74) is 1.27. The molecule has 0 aliphatic heterocycles. The van der Waals surface area contributed by atoms with Crippen LogP contribution in [0.2, 0.25) is 0 Å². The number of alkyl halides is 4. The number of benzene rings is 2. The zero-order chi connectivity index (χ0) is 20.7. The third-order valence-corrected chi connectivity index (χ3v) is 4.51. The van der Waals surface area contributed by atoms with Gasteiger partial charge in [0.2, 0.25) is 0 Å². The lowest BCUT2D eigenvalue weighted by molar-refractivity contribution is -0.167. The Labute approximate surface area is 168 Å². The Kier molecular flexibility index (Phi) is 7.45. The number of anilines is 2. The van der Waals surface area contributed by atoms with Crippen molar-refractivity contribution in [2.45, 2.75) is 17.5 Å². The van der Waals surface area contributed by atoms with E-state index in [2.05, 4.69) is 15.9 Å². The molecule has 0 saturated carbocycles. The van der Waals surface area contributed by atoms with Gasteiger partial charge in [-0.25, -0.2) is 0 Å². The molecule has 2 aromatic carbocycles. The van der Waals surface area contributed by atoms with Crippen LogP contribution in [0.15, 0.2) is 54.6 Å². The summed E-state index contributed by atoms with van der Waals surface area (Å²) < 4.78 is 42.6. The summed E-state index contributed by atoms with van der Waals surface area (Å²) in [5, 5.41) is 1.90. The molecule has 1 unspecified atom stereocenters. The molecule has 0 aliphatic rings. The highest BCUT2D eigenvalue weighted by atomic mass is 79.9. The fourth-order valence-corrected chi connectivity index (χ4v) is 3.01. The van der Waals surface area contributed by atoms with Crippen molar-refractivity contribution in [3.8, 4) is 0 Å². The number of ether oxygens (including phenoxy) is 1. The maximum atomic E-state index is 12.6. The molecular weight excluding hydrogens is 441 g/mol. The van der Waals surface area contributed by atoms with Gasteiger partial charge in [-0.3, -0.25) is 9.59 Å². The van der Waals surface area contributed by atoms with E-state index in [1.54, 1.807) is 29.2 Å². The molecular formula is C19H18BrF3N2O3. The fourth-order valence-electron chi connectivity index (χ4n) is 2.47. The van der Waals surface area contributed by atoms with Crippen LogP contribution in [0.1, 0.15) is 5.56 Å². The molecule has 0 heterocycles. The van der Waals surface area contributed by atoms with Gasteiger partial charge in [0.1, 0.15) is 4.83 Å². The van der Waals surface area contributed by atoms with Crippen molar-refractivity contribution >= 4 is 39.2 Å². The third-order valence-electron chi connectivity index (χ3n) is 3.84. The Morgan fingerprint density at radius 2 is 1.71 bits per heavy atom. The lowest BCUT2D eigenvalue weighted by Crippen LogP contribution is -2.35. The topological polar surface area (TPSA) is 58.6 Å². The number of hydrogen-bond donors (Lipinski definition) is 1. The molecule has 0 aromatic heterocycles. The van der Waals surface area contributed by atoms with Gasteiger partial charge in [-0.05, 0) is 23.8 Å². The van der Waals surface area contributed by atoms with Crippen LogP contribution in [0.5, 0.6) is 0 Å². The van der Waals surface area contributed by atoms with E-state index in [9.17, 15) is 22.8 Å². The molecule has 2 rings (SSSR count). The molecule has 5 nitrogen and oxygen atoms in total. The number of nitrogens with one attached hydrogen (secondary N) is 1. The van der Waals surface area contributed by atoms with E-state index >= 15 is 0 Å². The average Bonchev–Trinajstić information content (AvgIpc) is 2.68. The second kappa shape index (κ2) is 9.59. The number of halogens is 4. The summed E-state index contributed by atoms with van der Waals surface area (Å²) in [6.07, 6.45) is -4.99. The molecule has 1 amide bonds. The van der Waals surface area contributed by atoms with Gasteiger partial charge in [-0.2, -0.15) is 13.2 Å². The molecule has 0 bridgehead atoms. The van der Waals surface area contributed by atoms with Gasteiger partial charge in [0.05, 0.1) is 7.11 Å². The summed E-state index contributed by atoms with van der Waals surface area (Å²) in [6, 6.07) is 15.3. The molecule has 9 heteroatoms. The van der Waals surface area contributed by atoms with E-state index in [0.29, 0.717) is 5.56 Å². The molecule has 0 fully saturated rings. The first-order chi connectivity index (χ1) is 13.2. The zero-order valence-electron chi connectivity index (χ0n) is 14.9. The fraction of sp³-hybridized carbons (Fsp3) is 0.263. The van der Waals surface area contributed by atoms with Crippen molar-refractivity contribution in [2.24, 2.45) is 0 Å². The Hall–Kier alpha value is -2.55. The standard InChI is InChI=1S/C19H18BrF3N2O3/c1-28-17(26)15(20)12-25(14-8-3-2-4-9-14)11-13-7-5-6-10-16(13)24-18(27)19(21,22)23/h2-10,15H,11-12H2,1H3,(H,24,27). The quantitative estimate of drug-likeness (QED) is 0.500. The van der Waals surface area contributed by atoms with Crippen molar-refractivity contribution < 1.29 is 27.5 Å². The molecule has 1 N–H and O–H groups in total. The van der Waals surface area contributed by atoms with Crippen LogP contribution in [0.3, 0.4) is 0 Å². The Balaban J connectivity index is 2.29. The highest BCUT2D eigenvalue weighted by molar-refractivity contribution is 9.10. The average molecular weight is 459 g/mol. The van der Waals surface area contributed by atoms with Gasteiger partial charge in [-0.1, -0.05) is 52.3 Å². The predicted octanol–water partition coefficient (Wildman–Crippen LogP) is 4.13. The number of nitrogens with zero attached hydrogens (tertiary/aromatic N) is 1. The van der Waals surface area contributed by atoms with Gasteiger partial charge in [0.15, 0.2) is 0 Å². The minimum atomic E-state index is -4.99. The van der Waals surface area contributed by atoms with Crippen LogP contribution < -0.4 is 10.2 Å². The first-order valence-electron chi connectivity index (χ1n) is 8.20. The summed E-state index contributed by atoms with van der Waals surface area (Å²) in [4.78, 5) is 24.3. The van der Waals surface area contributed by atoms with E-state index in [0.717, 1.165) is 5.69 Å². The number of hydrogen-bond acceptors (Lipinski definition) is 4. The van der Waals surface area contributed by atoms with Crippen molar-refractivity contribution in [1.82, 2.24) is 0 Å². The Morgan fingerprint density at radius 3 is 2.32 bits per heavy atom. The zero-order valence-corrected chi connectivity index (χ0v) is 16.5. The molecule has 0 radical (unpaired) electrons. The molecule has 150 valence electrons. The van der Waals surface area contributed by atoms with Crippen LogP contribution >= 0.6 is 15.9 Å². The highest BCUT2D eigenvalue weighted by Crippen LogP contribution is 2.25. The molecule has 1 atom stereocenters. The number of carbonyl (C=O) groups excluding carboxylic acids is 2. The minimum absolute atomic E-state index is 0.0509. The first-order valence-corrected chi connectivity index (χ1v) is 9.12. The summed E-state index contributed by atoms with van der Waals surface area (Å²) in [7, 11) is 1.27. The largest absolute Gasteiger partial charge is 0.471 e.